The summed E-state index contributed by atoms with van der Waals surface area (Å²) in [7, 11) is 0. The lowest BCUT2D eigenvalue weighted by Gasteiger charge is -2.39. The Morgan fingerprint density at radius 2 is 1.62 bits per heavy atom. The van der Waals surface area contributed by atoms with E-state index in [2.05, 4.69) is 17.4 Å². The quantitative estimate of drug-likeness (QED) is 0.108. The third-order valence-electron chi connectivity index (χ3n) is 7.66. The molecule has 6 rings (SSSR count). The van der Waals surface area contributed by atoms with Crippen LogP contribution in [0.15, 0.2) is 102 Å². The standard InChI is InChI=1S/C31H24Cl2N2O3S/c32-20-15-21-27-22(17-26(28(27)33)39-25-14-8-7-13-24(25)35(37)38)29(18-9-3-1-4-10-18)34-30(21)23(16-20)31(36)19-11-5-2-6-12-19/h1-16,22,26-29,34H,17H2/t22-,26+,27+,28-,29-/m1/s1. The van der Waals surface area contributed by atoms with E-state index in [-0.39, 0.29) is 44.9 Å². The monoisotopic (exact) mass is 574 g/mol. The Hall–Kier alpha value is -3.32. The molecule has 1 N–H and O–H groups in total. The molecule has 2 aliphatic rings. The van der Waals surface area contributed by atoms with Gasteiger partial charge in [0.05, 0.1) is 21.2 Å². The van der Waals surface area contributed by atoms with Crippen molar-refractivity contribution in [2.24, 2.45) is 5.92 Å². The Balaban J connectivity index is 1.45. The molecule has 1 heterocycles. The lowest BCUT2D eigenvalue weighted by atomic mass is 9.76. The normalized spacial score (nSPS) is 23.4. The highest BCUT2D eigenvalue weighted by Crippen LogP contribution is 2.59. The summed E-state index contributed by atoms with van der Waals surface area (Å²) in [6.45, 7) is 0. The predicted octanol–water partition coefficient (Wildman–Crippen LogP) is 8.52. The second-order valence-electron chi connectivity index (χ2n) is 9.90. The minimum atomic E-state index is -0.349. The van der Waals surface area contributed by atoms with Crippen molar-refractivity contribution in [3.63, 3.8) is 0 Å². The lowest BCUT2D eigenvalue weighted by Crippen LogP contribution is -2.32. The molecule has 0 amide bonds. The van der Waals surface area contributed by atoms with Gasteiger partial charge in [-0.1, -0.05) is 84.4 Å². The number of hydrogen-bond acceptors (Lipinski definition) is 5. The van der Waals surface area contributed by atoms with Crippen LogP contribution in [-0.2, 0) is 0 Å². The van der Waals surface area contributed by atoms with Crippen molar-refractivity contribution < 1.29 is 9.72 Å². The van der Waals surface area contributed by atoms with Gasteiger partial charge < -0.3 is 5.32 Å². The van der Waals surface area contributed by atoms with Crippen LogP contribution in [0.25, 0.3) is 0 Å². The first kappa shape index (κ1) is 25.9. The van der Waals surface area contributed by atoms with E-state index in [0.717, 1.165) is 23.2 Å². The molecule has 1 aliphatic heterocycles. The van der Waals surface area contributed by atoms with Crippen LogP contribution in [0.3, 0.4) is 0 Å². The van der Waals surface area contributed by atoms with Gasteiger partial charge in [0, 0.05) is 39.1 Å². The number of para-hydroxylation sites is 1. The number of nitro groups is 1. The van der Waals surface area contributed by atoms with E-state index in [1.807, 2.05) is 48.5 Å². The fourth-order valence-electron chi connectivity index (χ4n) is 5.97. The summed E-state index contributed by atoms with van der Waals surface area (Å²) in [4.78, 5) is 25.6. The molecule has 0 spiro atoms. The number of rotatable bonds is 6. The van der Waals surface area contributed by atoms with E-state index in [9.17, 15) is 14.9 Å². The second-order valence-corrected chi connectivity index (χ2v) is 12.1. The Labute approximate surface area is 240 Å². The first-order chi connectivity index (χ1) is 18.9. The Bertz CT molecular complexity index is 1550. The van der Waals surface area contributed by atoms with Crippen LogP contribution in [0.4, 0.5) is 11.4 Å². The van der Waals surface area contributed by atoms with Gasteiger partial charge in [0.25, 0.3) is 5.69 Å². The van der Waals surface area contributed by atoms with Gasteiger partial charge in [-0.25, -0.2) is 0 Å². The largest absolute Gasteiger partial charge is 0.377 e. The highest BCUT2D eigenvalue weighted by atomic mass is 35.5. The van der Waals surface area contributed by atoms with Gasteiger partial charge in [0.15, 0.2) is 5.78 Å². The van der Waals surface area contributed by atoms with E-state index in [1.165, 1.54) is 17.8 Å². The van der Waals surface area contributed by atoms with Gasteiger partial charge in [-0.05, 0) is 41.7 Å². The first-order valence-electron chi connectivity index (χ1n) is 12.7. The zero-order valence-electron chi connectivity index (χ0n) is 20.7. The fourth-order valence-corrected chi connectivity index (χ4v) is 8.14. The summed E-state index contributed by atoms with van der Waals surface area (Å²) >= 11 is 15.4. The molecular weight excluding hydrogens is 551 g/mol. The number of thioether (sulfide) groups is 1. The van der Waals surface area contributed by atoms with E-state index in [4.69, 9.17) is 23.2 Å². The van der Waals surface area contributed by atoms with E-state index in [0.29, 0.717) is 21.0 Å². The molecule has 0 saturated heterocycles. The number of carbonyl (C=O) groups is 1. The Morgan fingerprint density at radius 3 is 2.33 bits per heavy atom. The molecule has 39 heavy (non-hydrogen) atoms. The first-order valence-corrected chi connectivity index (χ1v) is 14.4. The predicted molar refractivity (Wildman–Crippen MR) is 157 cm³/mol. The molecule has 196 valence electrons. The van der Waals surface area contributed by atoms with Crippen LogP contribution in [-0.4, -0.2) is 21.3 Å². The maximum absolute atomic E-state index is 13.7. The average molecular weight is 576 g/mol. The number of fused-ring (bicyclic) bond motifs is 3. The zero-order valence-corrected chi connectivity index (χ0v) is 23.0. The van der Waals surface area contributed by atoms with Crippen LogP contribution in [0.2, 0.25) is 5.02 Å². The van der Waals surface area contributed by atoms with Crippen LogP contribution < -0.4 is 5.32 Å². The van der Waals surface area contributed by atoms with Crippen LogP contribution in [0, 0.1) is 16.0 Å². The molecule has 4 aromatic rings. The number of ketones is 1. The van der Waals surface area contributed by atoms with E-state index < -0.39 is 0 Å². The maximum atomic E-state index is 13.7. The smallest absolute Gasteiger partial charge is 0.282 e. The third kappa shape index (κ3) is 4.82. The van der Waals surface area contributed by atoms with Gasteiger partial charge in [0.2, 0.25) is 0 Å². The zero-order chi connectivity index (χ0) is 27.1. The van der Waals surface area contributed by atoms with Crippen LogP contribution in [0.1, 0.15) is 45.4 Å². The van der Waals surface area contributed by atoms with E-state index >= 15 is 0 Å². The number of nitro benzene ring substituents is 1. The van der Waals surface area contributed by atoms with Crippen LogP contribution >= 0.6 is 35.0 Å². The number of halogens is 2. The minimum absolute atomic E-state index is 0.0750. The summed E-state index contributed by atoms with van der Waals surface area (Å²) in [6, 6.07) is 29.7. The molecule has 1 saturated carbocycles. The number of anilines is 1. The molecule has 1 fully saturated rings. The molecule has 4 aromatic carbocycles. The highest BCUT2D eigenvalue weighted by Gasteiger charge is 2.51. The second kappa shape index (κ2) is 10.7. The minimum Gasteiger partial charge on any atom is -0.377 e. The van der Waals surface area contributed by atoms with Crippen molar-refractivity contribution >= 4 is 52.1 Å². The SMILES string of the molecule is O=C(c1ccccc1)c1cc(Cl)cc2c1N[C@H](c1ccccc1)[C@@H]1C[C@H](Sc3ccccc3[N+](=O)[O-])[C@@H](Cl)[C@@H]21. The molecule has 0 radical (unpaired) electrons. The number of alkyl halides is 1. The highest BCUT2D eigenvalue weighted by molar-refractivity contribution is 8.00. The van der Waals surface area contributed by atoms with Crippen molar-refractivity contribution in [1.29, 1.82) is 0 Å². The molecule has 0 unspecified atom stereocenters. The molecule has 0 aromatic heterocycles. The van der Waals surface area contributed by atoms with Gasteiger partial charge in [-0.15, -0.1) is 23.4 Å². The van der Waals surface area contributed by atoms with Crippen molar-refractivity contribution in [3.05, 3.63) is 134 Å². The third-order valence-corrected chi connectivity index (χ3v) is 10.00. The van der Waals surface area contributed by atoms with Gasteiger partial charge >= 0.3 is 0 Å². The lowest BCUT2D eigenvalue weighted by molar-refractivity contribution is -0.387. The summed E-state index contributed by atoms with van der Waals surface area (Å²) in [5.41, 5.74) is 3.96. The summed E-state index contributed by atoms with van der Waals surface area (Å²) in [6.07, 6.45) is 0.746. The Kier molecular flexibility index (Phi) is 7.10. The molecule has 0 bridgehead atoms. The molecule has 1 aliphatic carbocycles. The van der Waals surface area contributed by atoms with E-state index in [1.54, 1.807) is 30.3 Å². The number of nitrogens with zero attached hydrogens (tertiary/aromatic N) is 1. The Morgan fingerprint density at radius 1 is 0.949 bits per heavy atom. The number of nitrogens with one attached hydrogen (secondary N) is 1. The molecular formula is C31H24Cl2N2O3S. The summed E-state index contributed by atoms with van der Waals surface area (Å²) in [5, 5.41) is 15.5. The van der Waals surface area contributed by atoms with Crippen molar-refractivity contribution in [2.45, 2.75) is 33.9 Å². The molecule has 5 atom stereocenters. The van der Waals surface area contributed by atoms with Gasteiger partial charge in [-0.3, -0.25) is 14.9 Å². The summed E-state index contributed by atoms with van der Waals surface area (Å²) < 4.78 is 0. The van der Waals surface area contributed by atoms with Crippen LogP contribution in [0.5, 0.6) is 0 Å². The fraction of sp³-hybridized carbons (Fsp3) is 0.194. The molecule has 8 heteroatoms. The van der Waals surface area contributed by atoms with Gasteiger partial charge in [-0.2, -0.15) is 0 Å². The average Bonchev–Trinajstić information content (AvgIpc) is 3.28. The number of hydrogen-bond donors (Lipinski definition) is 1. The summed E-state index contributed by atoms with van der Waals surface area (Å²) in [5.74, 6) is -0.114. The molecule has 5 nitrogen and oxygen atoms in total. The maximum Gasteiger partial charge on any atom is 0.282 e. The van der Waals surface area contributed by atoms with Gasteiger partial charge in [0.1, 0.15) is 0 Å². The van der Waals surface area contributed by atoms with Crippen molar-refractivity contribution in [1.82, 2.24) is 0 Å². The number of carbonyl (C=O) groups excluding carboxylic acids is 1. The van der Waals surface area contributed by atoms with Crippen molar-refractivity contribution in [2.75, 3.05) is 5.32 Å². The topological polar surface area (TPSA) is 72.2 Å². The van der Waals surface area contributed by atoms with Crippen molar-refractivity contribution in [3.8, 4) is 0 Å². The number of benzene rings is 4.